The predicted molar refractivity (Wildman–Crippen MR) is 272 cm³/mol. The van der Waals surface area contributed by atoms with Gasteiger partial charge in [-0.1, -0.05) is 58.6 Å². The van der Waals surface area contributed by atoms with Gasteiger partial charge in [0, 0.05) is 48.1 Å². The number of nitrogens with one attached hydrogen (secondary N) is 3. The molecule has 3 fully saturated rings. The summed E-state index contributed by atoms with van der Waals surface area (Å²) in [4.78, 5) is 59.4. The van der Waals surface area contributed by atoms with Crippen LogP contribution in [0, 0.1) is 40.9 Å². The van der Waals surface area contributed by atoms with E-state index in [-0.39, 0.29) is 134 Å². The Morgan fingerprint density at radius 1 is 0.903 bits per heavy atom. The van der Waals surface area contributed by atoms with Crippen molar-refractivity contribution in [3.05, 3.63) is 71.4 Å². The van der Waals surface area contributed by atoms with Gasteiger partial charge in [-0.15, -0.1) is 0 Å². The third kappa shape index (κ3) is 12.2. The van der Waals surface area contributed by atoms with Crippen LogP contribution < -0.4 is 5.32 Å². The van der Waals surface area contributed by atoms with Gasteiger partial charge >= 0.3 is 6.09 Å². The van der Waals surface area contributed by atoms with Crippen LogP contribution >= 0.6 is 81.0 Å². The lowest BCUT2D eigenvalue weighted by molar-refractivity contribution is -0.138. The van der Waals surface area contributed by atoms with Gasteiger partial charge in [-0.05, 0) is 67.0 Å². The molecular weight excluding hydrogens is 906 g/mol. The van der Waals surface area contributed by atoms with E-state index in [0.29, 0.717) is 25.4 Å². The number of alkyl halides is 1. The van der Waals surface area contributed by atoms with E-state index in [9.17, 15) is 18.8 Å². The molecule has 344 valence electrons. The summed E-state index contributed by atoms with van der Waals surface area (Å²) in [5.74, 6) is 7.43. The second-order valence-electron chi connectivity index (χ2n) is 16.5. The van der Waals surface area contributed by atoms with Crippen molar-refractivity contribution >= 4 is 110 Å². The standard InChI is InChI=1S/C43H52FN7O5.6H2S/c1-25(2)27(5)40(52)51-23-43(15-16-56-24-43)19-36(51)39-46-32-14-11-29(17-33(32)47-39)8-7-28-9-12-31(13-10-28)34-21-45-38(48-34)35-18-30(20-44)22-50(35)41(53)37(26(3)4)49-42(54)55-6;;;;;;/h9-14,17,21,25-27,30,35-37H,15-16,18-20,22-24H2,1-6H3,(H,45,48)(H,46,47)(H,49,54);6*1H2/t27-,30+,35-,36-,37-,43+;;;;;;/m0....../s1. The fraction of sp³-hybridized carbons (Fsp3) is 0.512. The molecule has 2 aromatic carbocycles. The smallest absolute Gasteiger partial charge is 0.407 e. The molecule has 5 heterocycles. The van der Waals surface area contributed by atoms with Crippen LogP contribution in [0.4, 0.5) is 9.18 Å². The molecule has 19 heteroatoms. The lowest BCUT2D eigenvalue weighted by Gasteiger charge is -2.30. The number of benzene rings is 2. The summed E-state index contributed by atoms with van der Waals surface area (Å²) in [5.41, 5.74) is 5.01. The molecule has 0 saturated carbocycles. The van der Waals surface area contributed by atoms with Gasteiger partial charge in [0.1, 0.15) is 17.7 Å². The number of rotatable bonds is 9. The summed E-state index contributed by atoms with van der Waals surface area (Å²) < 4.78 is 24.4. The minimum absolute atomic E-state index is 0. The van der Waals surface area contributed by atoms with Crippen LogP contribution in [0.25, 0.3) is 22.3 Å². The average molecular weight is 970 g/mol. The minimum atomic E-state index is -0.816. The number of aromatic amines is 2. The molecule has 3 aliphatic rings. The van der Waals surface area contributed by atoms with Crippen molar-refractivity contribution in [1.82, 2.24) is 35.1 Å². The zero-order valence-electron chi connectivity index (χ0n) is 36.0. The van der Waals surface area contributed by atoms with Crippen molar-refractivity contribution in [2.24, 2.45) is 29.1 Å². The highest BCUT2D eigenvalue weighted by atomic mass is 32.1. The van der Waals surface area contributed by atoms with E-state index < -0.39 is 24.9 Å². The second-order valence-corrected chi connectivity index (χ2v) is 16.5. The number of amides is 3. The molecule has 0 radical (unpaired) electrons. The van der Waals surface area contributed by atoms with Crippen molar-refractivity contribution < 1.29 is 28.2 Å². The van der Waals surface area contributed by atoms with Crippen LogP contribution in [-0.4, -0.2) is 93.8 Å². The lowest BCUT2D eigenvalue weighted by atomic mass is 9.85. The van der Waals surface area contributed by atoms with Crippen LogP contribution in [-0.2, 0) is 19.1 Å². The molecule has 1 spiro atoms. The first-order chi connectivity index (χ1) is 26.9. The maximum Gasteiger partial charge on any atom is 0.407 e. The zero-order valence-corrected chi connectivity index (χ0v) is 42.0. The topological polar surface area (TPSA) is 146 Å². The van der Waals surface area contributed by atoms with E-state index in [2.05, 4.69) is 46.0 Å². The summed E-state index contributed by atoms with van der Waals surface area (Å²) in [7, 11) is 1.25. The van der Waals surface area contributed by atoms with E-state index in [4.69, 9.17) is 14.5 Å². The highest BCUT2D eigenvalue weighted by Crippen LogP contribution is 2.48. The fourth-order valence-electron chi connectivity index (χ4n) is 8.22. The maximum atomic E-state index is 13.9. The van der Waals surface area contributed by atoms with Gasteiger partial charge in [-0.25, -0.2) is 14.8 Å². The number of fused-ring (bicyclic) bond motifs is 1. The molecular formula is C43H64FN7O5S6. The fourth-order valence-corrected chi connectivity index (χ4v) is 8.22. The van der Waals surface area contributed by atoms with Crippen LogP contribution in [0.5, 0.6) is 0 Å². The summed E-state index contributed by atoms with van der Waals surface area (Å²) in [6, 6.07) is 12.3. The second kappa shape index (κ2) is 24.2. The Bertz CT molecular complexity index is 2150. The molecule has 2 aromatic heterocycles. The minimum Gasteiger partial charge on any atom is -0.453 e. The monoisotopic (exact) mass is 969 g/mol. The largest absolute Gasteiger partial charge is 0.453 e. The van der Waals surface area contributed by atoms with Gasteiger partial charge in [-0.2, -0.15) is 81.0 Å². The summed E-state index contributed by atoms with van der Waals surface area (Å²) in [5, 5.41) is 2.63. The van der Waals surface area contributed by atoms with Gasteiger partial charge in [0.15, 0.2) is 0 Å². The highest BCUT2D eigenvalue weighted by molar-refractivity contribution is 7.60. The van der Waals surface area contributed by atoms with Crippen molar-refractivity contribution in [3.63, 3.8) is 0 Å². The quantitative estimate of drug-likeness (QED) is 0.150. The van der Waals surface area contributed by atoms with E-state index in [1.165, 1.54) is 7.11 Å². The van der Waals surface area contributed by atoms with E-state index >= 15 is 0 Å². The maximum absolute atomic E-state index is 13.9. The number of H-pyrrole nitrogens is 2. The van der Waals surface area contributed by atoms with E-state index in [1.54, 1.807) is 11.1 Å². The Balaban J connectivity index is 0.00000320. The van der Waals surface area contributed by atoms with Crippen LogP contribution in [0.1, 0.15) is 88.7 Å². The van der Waals surface area contributed by atoms with Crippen LogP contribution in [0.2, 0.25) is 0 Å². The number of carbonyl (C=O) groups excluding carboxylic acids is 3. The van der Waals surface area contributed by atoms with Crippen LogP contribution in [0.3, 0.4) is 0 Å². The Labute approximate surface area is 406 Å². The number of methoxy groups -OCH3 is 1. The molecule has 62 heavy (non-hydrogen) atoms. The van der Waals surface area contributed by atoms with Gasteiger partial charge in [-0.3, -0.25) is 14.0 Å². The van der Waals surface area contributed by atoms with Crippen molar-refractivity contribution in [1.29, 1.82) is 0 Å². The molecule has 3 aliphatic heterocycles. The number of hydrogen-bond donors (Lipinski definition) is 3. The molecule has 4 aromatic rings. The van der Waals surface area contributed by atoms with Gasteiger partial charge in [0.2, 0.25) is 11.8 Å². The van der Waals surface area contributed by atoms with Crippen molar-refractivity contribution in [2.75, 3.05) is 40.1 Å². The van der Waals surface area contributed by atoms with Gasteiger partial charge in [0.25, 0.3) is 0 Å². The number of aromatic nitrogens is 4. The molecule has 12 nitrogen and oxygen atoms in total. The Morgan fingerprint density at radius 3 is 2.19 bits per heavy atom. The lowest BCUT2D eigenvalue weighted by Crippen LogP contribution is -2.51. The summed E-state index contributed by atoms with van der Waals surface area (Å²) >= 11 is 0. The number of imidazole rings is 2. The Hall–Kier alpha value is -3.12. The number of ether oxygens (including phenoxy) is 2. The molecule has 3 amide bonds. The van der Waals surface area contributed by atoms with Gasteiger partial charge in [0.05, 0.1) is 55.4 Å². The first-order valence-corrected chi connectivity index (χ1v) is 19.6. The Kier molecular flexibility index (Phi) is 22.3. The molecule has 0 unspecified atom stereocenters. The van der Waals surface area contributed by atoms with Crippen LogP contribution in [0.15, 0.2) is 48.7 Å². The molecule has 3 N–H and O–H groups in total. The van der Waals surface area contributed by atoms with E-state index in [1.807, 2.05) is 68.1 Å². The normalized spacial score (nSPS) is 21.0. The number of hydrogen-bond acceptors (Lipinski definition) is 7. The number of carbonyl (C=O) groups is 3. The summed E-state index contributed by atoms with van der Waals surface area (Å²) in [6.45, 7) is 11.7. The average Bonchev–Trinajstić information content (AvgIpc) is 4.05. The number of halogens is 1. The molecule has 0 bridgehead atoms. The number of alkyl carbamates (subject to hydrolysis) is 1. The van der Waals surface area contributed by atoms with Gasteiger partial charge < -0.3 is 34.6 Å². The first-order valence-electron chi connectivity index (χ1n) is 19.6. The third-order valence-corrected chi connectivity index (χ3v) is 11.9. The highest BCUT2D eigenvalue weighted by Gasteiger charge is 2.50. The Morgan fingerprint density at radius 2 is 1.58 bits per heavy atom. The third-order valence-electron chi connectivity index (χ3n) is 11.9. The first kappa shape index (κ1) is 56.9. The molecule has 6 atom stereocenters. The molecule has 7 rings (SSSR count). The van der Waals surface area contributed by atoms with Crippen molar-refractivity contribution in [2.45, 2.75) is 72.0 Å². The van der Waals surface area contributed by atoms with E-state index in [0.717, 1.165) is 58.7 Å². The predicted octanol–water partition coefficient (Wildman–Crippen LogP) is 7.24. The van der Waals surface area contributed by atoms with Crippen molar-refractivity contribution in [3.8, 4) is 23.1 Å². The zero-order chi connectivity index (χ0) is 39.7. The summed E-state index contributed by atoms with van der Waals surface area (Å²) in [6.07, 6.45) is 3.23. The number of nitrogens with zero attached hydrogens (tertiary/aromatic N) is 4. The molecule has 0 aliphatic carbocycles. The number of likely N-dealkylation sites (tertiary alicyclic amines) is 2. The SMILES string of the molecule is COC(=O)N[C@H](C(=O)N1C[C@@H](CF)C[C@H]1c1ncc(-c2ccc(C#Cc3ccc4nc([C@@H]5C[C@]6(CCOC6)CN5C(=O)[C@@H](C)C(C)C)[nH]c4c3)cc2)[nH]1)C(C)C.S.S.S.S.S.S. The molecule has 3 saturated heterocycles.